The van der Waals surface area contributed by atoms with Crippen LogP contribution in [-0.2, 0) is 14.3 Å². The Morgan fingerprint density at radius 2 is 2.08 bits per heavy atom. The molecule has 7 atom stereocenters. The number of carbonyl (C=O) groups excluding carboxylic acids is 2. The number of cyclic esters (lactones) is 1. The molecule has 2 aromatic rings. The van der Waals surface area contributed by atoms with Crippen LogP contribution in [0.15, 0.2) is 48.7 Å². The molecule has 0 radical (unpaired) electrons. The van der Waals surface area contributed by atoms with Gasteiger partial charge in [0.05, 0.1) is 18.2 Å². The lowest BCUT2D eigenvalue weighted by Gasteiger charge is -2.47. The van der Waals surface area contributed by atoms with E-state index in [0.29, 0.717) is 18.4 Å². The number of amides is 1. The molecule has 6 nitrogen and oxygen atoms in total. The maximum Gasteiger partial charge on any atom is 0.407 e. The Labute approximate surface area is 211 Å². The van der Waals surface area contributed by atoms with Gasteiger partial charge in [-0.25, -0.2) is 9.18 Å². The number of allylic oxidation sites excluding steroid dienone is 1. The minimum atomic E-state index is -0.368. The van der Waals surface area contributed by atoms with Crippen molar-refractivity contribution in [3.63, 3.8) is 0 Å². The fourth-order valence-corrected chi connectivity index (χ4v) is 6.64. The van der Waals surface area contributed by atoms with Gasteiger partial charge in [-0.2, -0.15) is 0 Å². The number of pyridine rings is 1. The number of nitrogens with one attached hydrogen (secondary N) is 1. The van der Waals surface area contributed by atoms with Crippen molar-refractivity contribution >= 4 is 18.1 Å². The fourth-order valence-electron chi connectivity index (χ4n) is 6.64. The Balaban J connectivity index is 1.34. The Kier molecular flexibility index (Phi) is 7.08. The molecule has 36 heavy (non-hydrogen) atoms. The monoisotopic (exact) mass is 492 g/mol. The molecule has 1 N–H and O–H groups in total. The summed E-state index contributed by atoms with van der Waals surface area (Å²) in [5.74, 6) is 0.629. The number of nitrogens with zero attached hydrogens (tertiary/aromatic N) is 1. The van der Waals surface area contributed by atoms with E-state index in [1.165, 1.54) is 12.1 Å². The average Bonchev–Trinajstić information content (AvgIpc) is 3.15. The number of hydrogen-bond acceptors (Lipinski definition) is 5. The standard InChI is InChI=1S/C29H33FN2O4/c1-3-35-29(34)32-23-10-11-24-20(14-23)15-26-27(17(2)36-28(26)33)25(24)12-9-22-8-7-19(16-31-22)18-5-4-6-21(30)13-18/h4-9,12-13,16-17,20,23-27H,3,10-11,14-15H2,1-2H3,(H,32,34)/t17-,20+,23+,24+,25-,26+,27-/m1/s1. The van der Waals surface area contributed by atoms with E-state index in [1.54, 1.807) is 19.2 Å². The molecule has 7 heteroatoms. The first-order chi connectivity index (χ1) is 17.4. The number of fused-ring (bicyclic) bond motifs is 2. The lowest BCUT2D eigenvalue weighted by Crippen LogP contribution is -2.48. The van der Waals surface area contributed by atoms with Crippen LogP contribution in [-0.4, -0.2) is 35.8 Å². The summed E-state index contributed by atoms with van der Waals surface area (Å²) in [7, 11) is 0. The lowest BCUT2D eigenvalue weighted by atomic mass is 9.57. The van der Waals surface area contributed by atoms with Crippen LogP contribution in [0.4, 0.5) is 9.18 Å². The predicted molar refractivity (Wildman–Crippen MR) is 134 cm³/mol. The number of esters is 1. The van der Waals surface area contributed by atoms with Gasteiger partial charge in [-0.1, -0.05) is 24.3 Å². The summed E-state index contributed by atoms with van der Waals surface area (Å²) in [4.78, 5) is 29.2. The quantitative estimate of drug-likeness (QED) is 0.548. The average molecular weight is 493 g/mol. The van der Waals surface area contributed by atoms with Gasteiger partial charge in [0.15, 0.2) is 0 Å². The van der Waals surface area contributed by atoms with Gasteiger partial charge in [0.25, 0.3) is 0 Å². The molecule has 0 bridgehead atoms. The molecule has 2 heterocycles. The third-order valence-corrected chi connectivity index (χ3v) is 8.18. The summed E-state index contributed by atoms with van der Waals surface area (Å²) < 4.78 is 24.3. The van der Waals surface area contributed by atoms with E-state index in [4.69, 9.17) is 9.47 Å². The highest BCUT2D eigenvalue weighted by Gasteiger charge is 2.54. The summed E-state index contributed by atoms with van der Waals surface area (Å²) in [6.45, 7) is 4.15. The van der Waals surface area contributed by atoms with Gasteiger partial charge in [0, 0.05) is 23.7 Å². The van der Waals surface area contributed by atoms with E-state index >= 15 is 0 Å². The summed E-state index contributed by atoms with van der Waals surface area (Å²) >= 11 is 0. The van der Waals surface area contributed by atoms with Crippen molar-refractivity contribution in [1.82, 2.24) is 10.3 Å². The highest BCUT2D eigenvalue weighted by atomic mass is 19.1. The number of halogens is 1. The third-order valence-electron chi connectivity index (χ3n) is 8.18. The molecule has 5 rings (SSSR count). The molecule has 0 spiro atoms. The van der Waals surface area contributed by atoms with Crippen LogP contribution in [0, 0.1) is 35.4 Å². The van der Waals surface area contributed by atoms with Gasteiger partial charge in [-0.05, 0) is 87.1 Å². The minimum Gasteiger partial charge on any atom is -0.462 e. The Morgan fingerprint density at radius 1 is 1.22 bits per heavy atom. The number of benzene rings is 1. The SMILES string of the molecule is CCOC(=O)N[C@H]1CC[C@H]2[C@@H](C1)C[C@@H]1C(=O)O[C@H](C)[C@@H]1[C@@H]2C=Cc1ccc(-c2cccc(F)c2)cn1. The molecule has 2 saturated carbocycles. The zero-order valence-corrected chi connectivity index (χ0v) is 20.7. The summed E-state index contributed by atoms with van der Waals surface area (Å²) in [5.41, 5.74) is 2.48. The third kappa shape index (κ3) is 5.01. The highest BCUT2D eigenvalue weighted by Crippen LogP contribution is 2.53. The largest absolute Gasteiger partial charge is 0.462 e. The van der Waals surface area contributed by atoms with Crippen molar-refractivity contribution in [1.29, 1.82) is 0 Å². The molecular formula is C29H33FN2O4. The second-order valence-corrected chi connectivity index (χ2v) is 10.3. The van der Waals surface area contributed by atoms with Crippen LogP contribution < -0.4 is 5.32 Å². The molecule has 190 valence electrons. The maximum atomic E-state index is 13.6. The first-order valence-corrected chi connectivity index (χ1v) is 13.0. The number of rotatable bonds is 5. The van der Waals surface area contributed by atoms with Crippen molar-refractivity contribution in [2.45, 2.75) is 51.7 Å². The molecule has 2 aliphatic carbocycles. The van der Waals surface area contributed by atoms with E-state index in [0.717, 1.165) is 42.5 Å². The zero-order valence-electron chi connectivity index (χ0n) is 20.7. The van der Waals surface area contributed by atoms with Crippen LogP contribution in [0.3, 0.4) is 0 Å². The topological polar surface area (TPSA) is 77.5 Å². The summed E-state index contributed by atoms with van der Waals surface area (Å²) in [6, 6.07) is 10.4. The first kappa shape index (κ1) is 24.5. The predicted octanol–water partition coefficient (Wildman–Crippen LogP) is 5.63. The van der Waals surface area contributed by atoms with Crippen LogP contribution in [0.25, 0.3) is 17.2 Å². The van der Waals surface area contributed by atoms with Crippen LogP contribution in [0.1, 0.15) is 45.2 Å². The first-order valence-electron chi connectivity index (χ1n) is 13.0. The number of alkyl carbamates (subject to hydrolysis) is 1. The van der Waals surface area contributed by atoms with Gasteiger partial charge in [0.2, 0.25) is 0 Å². The van der Waals surface area contributed by atoms with Crippen molar-refractivity contribution < 1.29 is 23.5 Å². The van der Waals surface area contributed by atoms with Crippen LogP contribution in [0.2, 0.25) is 0 Å². The molecule has 1 amide bonds. The van der Waals surface area contributed by atoms with Crippen molar-refractivity contribution in [2.75, 3.05) is 6.61 Å². The smallest absolute Gasteiger partial charge is 0.407 e. The highest BCUT2D eigenvalue weighted by molar-refractivity contribution is 5.75. The molecule has 1 saturated heterocycles. The van der Waals surface area contributed by atoms with Gasteiger partial charge >= 0.3 is 12.1 Å². The number of aromatic nitrogens is 1. The molecule has 3 fully saturated rings. The summed E-state index contributed by atoms with van der Waals surface area (Å²) in [6.07, 6.45) is 9.07. The van der Waals surface area contributed by atoms with Gasteiger partial charge in [0.1, 0.15) is 11.9 Å². The van der Waals surface area contributed by atoms with E-state index in [2.05, 4.69) is 16.4 Å². The van der Waals surface area contributed by atoms with Crippen molar-refractivity contribution in [2.24, 2.45) is 29.6 Å². The van der Waals surface area contributed by atoms with Crippen molar-refractivity contribution in [3.05, 3.63) is 60.2 Å². The lowest BCUT2D eigenvalue weighted by molar-refractivity contribution is -0.144. The number of carbonyl (C=O) groups is 2. The van der Waals surface area contributed by atoms with Crippen LogP contribution >= 0.6 is 0 Å². The van der Waals surface area contributed by atoms with Gasteiger partial charge in [-0.15, -0.1) is 0 Å². The number of ether oxygens (including phenoxy) is 2. The molecule has 0 unspecified atom stereocenters. The van der Waals surface area contributed by atoms with Gasteiger partial charge < -0.3 is 14.8 Å². The van der Waals surface area contributed by atoms with Gasteiger partial charge in [-0.3, -0.25) is 9.78 Å². The number of hydrogen-bond donors (Lipinski definition) is 1. The van der Waals surface area contributed by atoms with Crippen molar-refractivity contribution in [3.8, 4) is 11.1 Å². The maximum absolute atomic E-state index is 13.6. The second-order valence-electron chi connectivity index (χ2n) is 10.3. The summed E-state index contributed by atoms with van der Waals surface area (Å²) in [5, 5.41) is 3.00. The van der Waals surface area contributed by atoms with E-state index in [9.17, 15) is 14.0 Å². The molecule has 1 aliphatic heterocycles. The van der Waals surface area contributed by atoms with E-state index in [-0.39, 0.29) is 47.8 Å². The molecule has 1 aromatic carbocycles. The molecule has 1 aromatic heterocycles. The normalized spacial score (nSPS) is 31.4. The minimum absolute atomic E-state index is 0.0679. The Morgan fingerprint density at radius 3 is 2.83 bits per heavy atom. The fraction of sp³-hybridized carbons (Fsp3) is 0.483. The Hall–Kier alpha value is -3.22. The second kappa shape index (κ2) is 10.4. The molecular weight excluding hydrogens is 459 g/mol. The van der Waals surface area contributed by atoms with Crippen LogP contribution in [0.5, 0.6) is 0 Å². The van der Waals surface area contributed by atoms with E-state index < -0.39 is 0 Å². The van der Waals surface area contributed by atoms with E-state index in [1.807, 2.05) is 31.2 Å². The Bertz CT molecular complexity index is 1130. The zero-order chi connectivity index (χ0) is 25.2. The molecule has 3 aliphatic rings.